The number of aromatic nitrogens is 3. The van der Waals surface area contributed by atoms with Gasteiger partial charge in [-0.2, -0.15) is 10.2 Å². The minimum absolute atomic E-state index is 0.0920. The van der Waals surface area contributed by atoms with Gasteiger partial charge in [0.15, 0.2) is 11.6 Å². The number of rotatable bonds is 4. The molecule has 12 heteroatoms. The number of pyridine rings is 1. The molecular formula is C29H28BrN5O5S. The number of carbonyl (C=O) groups is 2. The third-order valence-corrected chi connectivity index (χ3v) is 7.07. The van der Waals surface area contributed by atoms with Gasteiger partial charge in [-0.1, -0.05) is 12.1 Å². The molecule has 41 heavy (non-hydrogen) atoms. The largest absolute Gasteiger partial charge is 0.443 e. The number of aliphatic hydroxyl groups excluding tert-OH is 1. The molecule has 4 aromatic rings. The summed E-state index contributed by atoms with van der Waals surface area (Å²) < 4.78 is 11.8. The van der Waals surface area contributed by atoms with Crippen molar-refractivity contribution in [3.63, 3.8) is 0 Å². The molecular weight excluding hydrogens is 610 g/mol. The van der Waals surface area contributed by atoms with Crippen molar-refractivity contribution < 1.29 is 24.2 Å². The molecule has 0 saturated heterocycles. The predicted molar refractivity (Wildman–Crippen MR) is 159 cm³/mol. The highest BCUT2D eigenvalue weighted by atomic mass is 79.9. The average Bonchev–Trinajstić information content (AvgIpc) is 3.31. The number of anilines is 1. The lowest BCUT2D eigenvalue weighted by molar-refractivity contribution is 0.0429. The van der Waals surface area contributed by atoms with Gasteiger partial charge in [0.25, 0.3) is 0 Å². The van der Waals surface area contributed by atoms with E-state index in [9.17, 15) is 20.0 Å². The molecule has 0 spiro atoms. The van der Waals surface area contributed by atoms with Gasteiger partial charge in [-0.25, -0.2) is 19.6 Å². The Hall–Kier alpha value is -3.92. The molecule has 0 aliphatic carbocycles. The highest BCUT2D eigenvalue weighted by Gasteiger charge is 2.36. The number of imide groups is 1. The molecule has 0 radical (unpaired) electrons. The molecule has 2 amide bonds. The number of halogens is 1. The Morgan fingerprint density at radius 2 is 1.68 bits per heavy atom. The molecule has 0 saturated carbocycles. The third kappa shape index (κ3) is 7.05. The van der Waals surface area contributed by atoms with E-state index in [1.807, 2.05) is 0 Å². The Labute approximate surface area is 249 Å². The van der Waals surface area contributed by atoms with Gasteiger partial charge in [-0.15, -0.1) is 11.3 Å². The zero-order valence-corrected chi connectivity index (χ0v) is 25.7. The van der Waals surface area contributed by atoms with E-state index >= 15 is 0 Å². The van der Waals surface area contributed by atoms with Gasteiger partial charge in [-0.3, -0.25) is 4.98 Å². The first-order valence-corrected chi connectivity index (χ1v) is 14.1. The first-order chi connectivity index (χ1) is 19.2. The summed E-state index contributed by atoms with van der Waals surface area (Å²) in [6, 6.07) is 13.8. The highest BCUT2D eigenvalue weighted by molar-refractivity contribution is 9.10. The van der Waals surface area contributed by atoms with Gasteiger partial charge in [-0.05, 0) is 87.8 Å². The molecule has 3 heterocycles. The smallest absolute Gasteiger partial charge is 0.425 e. The molecule has 1 aromatic carbocycles. The molecule has 0 fully saturated rings. The minimum Gasteiger partial charge on any atom is -0.443 e. The van der Waals surface area contributed by atoms with Crippen molar-refractivity contribution in [3.05, 3.63) is 69.3 Å². The number of fused-ring (bicyclic) bond motifs is 1. The number of hydrogen-bond acceptors (Lipinski definition) is 10. The van der Waals surface area contributed by atoms with Crippen molar-refractivity contribution >= 4 is 55.5 Å². The van der Waals surface area contributed by atoms with Crippen molar-refractivity contribution in [1.82, 2.24) is 15.0 Å². The number of nitriles is 1. The van der Waals surface area contributed by atoms with Crippen LogP contribution < -0.4 is 4.90 Å². The Morgan fingerprint density at radius 3 is 2.27 bits per heavy atom. The Kier molecular flexibility index (Phi) is 8.44. The minimum atomic E-state index is -1.14. The van der Waals surface area contributed by atoms with Crippen LogP contribution in [0.1, 0.15) is 63.8 Å². The van der Waals surface area contributed by atoms with Crippen molar-refractivity contribution in [1.29, 1.82) is 5.26 Å². The topological polar surface area (TPSA) is 139 Å². The maximum Gasteiger partial charge on any atom is 0.425 e. The number of benzene rings is 1. The molecule has 4 rings (SSSR count). The van der Waals surface area contributed by atoms with Gasteiger partial charge in [0.1, 0.15) is 22.1 Å². The van der Waals surface area contributed by atoms with Gasteiger partial charge in [0, 0.05) is 21.1 Å². The van der Waals surface area contributed by atoms with Crippen LogP contribution >= 0.6 is 27.3 Å². The van der Waals surface area contributed by atoms with Crippen LogP contribution in [-0.4, -0.2) is 43.4 Å². The number of carbonyl (C=O) groups excluding carboxylic acids is 2. The van der Waals surface area contributed by atoms with Crippen LogP contribution in [0.2, 0.25) is 0 Å². The first kappa shape index (κ1) is 30.0. The van der Waals surface area contributed by atoms with E-state index in [1.165, 1.54) is 0 Å². The molecule has 0 bridgehead atoms. The number of hydrogen-bond donors (Lipinski definition) is 1. The van der Waals surface area contributed by atoms with E-state index in [2.05, 4.69) is 37.0 Å². The zero-order valence-electron chi connectivity index (χ0n) is 23.3. The quantitative estimate of drug-likeness (QED) is 0.247. The predicted octanol–water partition coefficient (Wildman–Crippen LogP) is 7.15. The van der Waals surface area contributed by atoms with Gasteiger partial charge < -0.3 is 14.6 Å². The SMILES string of the molecule is CC(C)(C)OC(=O)N(C(=O)OC(C)(C)C)c1nc(-c2cccc(C#N)c2)nc2sc(C(O)c3ncccc3Br)cc12. The summed E-state index contributed by atoms with van der Waals surface area (Å²) in [5.74, 6) is 0.0641. The lowest BCUT2D eigenvalue weighted by Gasteiger charge is -2.28. The normalized spacial score (nSPS) is 12.5. The molecule has 1 unspecified atom stereocenters. The molecule has 0 aliphatic rings. The summed E-state index contributed by atoms with van der Waals surface area (Å²) in [6.07, 6.45) is -1.57. The Morgan fingerprint density at radius 1 is 1.02 bits per heavy atom. The summed E-state index contributed by atoms with van der Waals surface area (Å²) in [6.45, 7) is 10.1. The molecule has 1 atom stereocenters. The lowest BCUT2D eigenvalue weighted by atomic mass is 10.1. The van der Waals surface area contributed by atoms with Crippen LogP contribution in [0.3, 0.4) is 0 Å². The van der Waals surface area contributed by atoms with Crippen LogP contribution in [-0.2, 0) is 9.47 Å². The van der Waals surface area contributed by atoms with Crippen LogP contribution in [0, 0.1) is 11.3 Å². The summed E-state index contributed by atoms with van der Waals surface area (Å²) in [7, 11) is 0. The second kappa shape index (κ2) is 11.5. The molecule has 1 N–H and O–H groups in total. The molecule has 212 valence electrons. The number of nitrogens with zero attached hydrogens (tertiary/aromatic N) is 5. The second-order valence-electron chi connectivity index (χ2n) is 11.0. The average molecular weight is 639 g/mol. The van der Waals surface area contributed by atoms with Crippen molar-refractivity contribution in [3.8, 4) is 17.5 Å². The Bertz CT molecular complexity index is 1640. The van der Waals surface area contributed by atoms with Crippen LogP contribution in [0.15, 0.2) is 53.1 Å². The van der Waals surface area contributed by atoms with Crippen LogP contribution in [0.4, 0.5) is 15.4 Å². The van der Waals surface area contributed by atoms with E-state index < -0.39 is 29.5 Å². The Balaban J connectivity index is 1.98. The highest BCUT2D eigenvalue weighted by Crippen LogP contribution is 2.39. The number of thiophene rings is 1. The zero-order chi connectivity index (χ0) is 30.1. The second-order valence-corrected chi connectivity index (χ2v) is 12.9. The van der Waals surface area contributed by atoms with E-state index in [4.69, 9.17) is 9.47 Å². The lowest BCUT2D eigenvalue weighted by Crippen LogP contribution is -2.44. The first-order valence-electron chi connectivity index (χ1n) is 12.5. The fourth-order valence-corrected chi connectivity index (χ4v) is 5.17. The summed E-state index contributed by atoms with van der Waals surface area (Å²) in [4.78, 5) is 42.2. The van der Waals surface area contributed by atoms with E-state index in [0.717, 1.165) is 16.2 Å². The molecule has 3 aromatic heterocycles. The van der Waals surface area contributed by atoms with Gasteiger partial charge in [0.2, 0.25) is 0 Å². The number of aliphatic hydroxyl groups is 1. The third-order valence-electron chi connectivity index (χ3n) is 5.32. The van der Waals surface area contributed by atoms with Crippen molar-refractivity contribution in [2.45, 2.75) is 58.8 Å². The van der Waals surface area contributed by atoms with E-state index in [0.29, 0.717) is 36.4 Å². The fraction of sp³-hybridized carbons (Fsp3) is 0.310. The maximum atomic E-state index is 13.5. The van der Waals surface area contributed by atoms with E-state index in [-0.39, 0.29) is 11.6 Å². The standard InChI is InChI=1S/C29H28BrN5O5S/c1-28(2,3)39-26(37)35(27(38)40-29(4,5)6)24-18-14-20(22(36)21-19(30)11-8-12-32-21)41-25(18)34-23(33-24)17-10-7-9-16(13-17)15-31/h7-14,22,36H,1-6H3. The van der Waals surface area contributed by atoms with Crippen molar-refractivity contribution in [2.75, 3.05) is 4.90 Å². The molecule has 10 nitrogen and oxygen atoms in total. The number of ether oxygens (including phenoxy) is 2. The fourth-order valence-electron chi connectivity index (χ4n) is 3.68. The molecule has 0 aliphatic heterocycles. The summed E-state index contributed by atoms with van der Waals surface area (Å²) in [5, 5.41) is 21.0. The van der Waals surface area contributed by atoms with Gasteiger partial charge in [0.05, 0.1) is 22.7 Å². The summed E-state index contributed by atoms with van der Waals surface area (Å²) >= 11 is 4.57. The van der Waals surface area contributed by atoms with E-state index in [1.54, 1.807) is 90.2 Å². The van der Waals surface area contributed by atoms with Crippen molar-refractivity contribution in [2.24, 2.45) is 0 Å². The monoisotopic (exact) mass is 637 g/mol. The van der Waals surface area contributed by atoms with Crippen LogP contribution in [0.5, 0.6) is 0 Å². The van der Waals surface area contributed by atoms with Crippen LogP contribution in [0.25, 0.3) is 21.6 Å². The van der Waals surface area contributed by atoms with Gasteiger partial charge >= 0.3 is 12.2 Å². The number of amides is 2. The summed E-state index contributed by atoms with van der Waals surface area (Å²) in [5.41, 5.74) is -0.620. The maximum absolute atomic E-state index is 13.5.